The molecule has 1 rings (SSSR count). The summed E-state index contributed by atoms with van der Waals surface area (Å²) in [7, 11) is 1.63. The van der Waals surface area contributed by atoms with E-state index in [1.807, 2.05) is 0 Å². The van der Waals surface area contributed by atoms with E-state index in [9.17, 15) is 4.79 Å². The summed E-state index contributed by atoms with van der Waals surface area (Å²) < 4.78 is 20.7. The van der Waals surface area contributed by atoms with Crippen molar-refractivity contribution >= 4 is 5.95 Å². The zero-order valence-corrected chi connectivity index (χ0v) is 11.6. The number of aromatic amines is 1. The second kappa shape index (κ2) is 10.3. The Kier molecular flexibility index (Phi) is 8.56. The van der Waals surface area contributed by atoms with Crippen molar-refractivity contribution in [2.45, 2.75) is 6.61 Å². The first kappa shape index (κ1) is 16.6. The maximum atomic E-state index is 11.1. The van der Waals surface area contributed by atoms with Crippen LogP contribution >= 0.6 is 0 Å². The van der Waals surface area contributed by atoms with Crippen molar-refractivity contribution in [3.8, 4) is 0 Å². The molecule has 20 heavy (non-hydrogen) atoms. The molecule has 0 amide bonds. The number of methoxy groups -OCH3 is 1. The number of nitrogens with zero attached hydrogens (tertiary/aromatic N) is 1. The van der Waals surface area contributed by atoms with Crippen LogP contribution in [0.4, 0.5) is 5.95 Å². The molecule has 0 fully saturated rings. The van der Waals surface area contributed by atoms with E-state index in [0.717, 1.165) is 0 Å². The van der Waals surface area contributed by atoms with Gasteiger partial charge in [0.05, 0.1) is 51.9 Å². The van der Waals surface area contributed by atoms with Crippen LogP contribution in [0.1, 0.15) is 5.69 Å². The van der Waals surface area contributed by atoms with E-state index in [1.165, 1.54) is 6.07 Å². The summed E-state index contributed by atoms with van der Waals surface area (Å²) in [4.78, 5) is 17.4. The SMILES string of the molecule is COCCOCCOCCOCc1cc(=O)[nH]c(N)n1. The van der Waals surface area contributed by atoms with Crippen molar-refractivity contribution in [3.63, 3.8) is 0 Å². The minimum Gasteiger partial charge on any atom is -0.382 e. The van der Waals surface area contributed by atoms with Crippen LogP contribution in [0.3, 0.4) is 0 Å². The van der Waals surface area contributed by atoms with E-state index < -0.39 is 0 Å². The number of nitrogen functional groups attached to an aromatic ring is 1. The lowest BCUT2D eigenvalue weighted by Crippen LogP contribution is -2.14. The van der Waals surface area contributed by atoms with E-state index in [-0.39, 0.29) is 18.1 Å². The molecule has 0 spiro atoms. The van der Waals surface area contributed by atoms with Crippen LogP contribution in [0.25, 0.3) is 0 Å². The fourth-order valence-electron chi connectivity index (χ4n) is 1.36. The third kappa shape index (κ3) is 7.85. The van der Waals surface area contributed by atoms with Gasteiger partial charge in [0.25, 0.3) is 5.56 Å². The summed E-state index contributed by atoms with van der Waals surface area (Å²) in [6.07, 6.45) is 0. The smallest absolute Gasteiger partial charge is 0.252 e. The average Bonchev–Trinajstić information content (AvgIpc) is 2.40. The lowest BCUT2D eigenvalue weighted by molar-refractivity contribution is 0.000461. The number of rotatable bonds is 11. The Balaban J connectivity index is 1.98. The maximum absolute atomic E-state index is 11.1. The Morgan fingerprint density at radius 2 is 1.70 bits per heavy atom. The fourth-order valence-corrected chi connectivity index (χ4v) is 1.36. The highest BCUT2D eigenvalue weighted by Crippen LogP contribution is 1.95. The van der Waals surface area contributed by atoms with Crippen molar-refractivity contribution < 1.29 is 18.9 Å². The largest absolute Gasteiger partial charge is 0.382 e. The molecule has 8 heteroatoms. The molecule has 0 aromatic carbocycles. The minimum atomic E-state index is -0.291. The molecular weight excluding hydrogens is 266 g/mol. The van der Waals surface area contributed by atoms with Gasteiger partial charge >= 0.3 is 0 Å². The standard InChI is InChI=1S/C12H21N3O5/c1-17-2-3-18-4-5-19-6-7-20-9-10-8-11(16)15-12(13)14-10/h8H,2-7,9H2,1H3,(H3,13,14,15,16). The van der Waals surface area contributed by atoms with Crippen LogP contribution in [0.5, 0.6) is 0 Å². The number of anilines is 1. The van der Waals surface area contributed by atoms with Crippen molar-refractivity contribution in [1.29, 1.82) is 0 Å². The van der Waals surface area contributed by atoms with Crippen LogP contribution in [0.15, 0.2) is 10.9 Å². The van der Waals surface area contributed by atoms with Crippen molar-refractivity contribution in [2.24, 2.45) is 0 Å². The number of H-pyrrole nitrogens is 1. The predicted octanol–water partition coefficient (Wildman–Crippen LogP) is -0.452. The minimum absolute atomic E-state index is 0.0838. The maximum Gasteiger partial charge on any atom is 0.252 e. The Bertz CT molecular complexity index is 424. The van der Waals surface area contributed by atoms with E-state index in [1.54, 1.807) is 7.11 Å². The van der Waals surface area contributed by atoms with Crippen molar-refractivity contribution in [3.05, 3.63) is 22.1 Å². The monoisotopic (exact) mass is 287 g/mol. The molecular formula is C12H21N3O5. The highest BCUT2D eigenvalue weighted by Gasteiger charge is 1.99. The van der Waals surface area contributed by atoms with Gasteiger partial charge in [0, 0.05) is 13.2 Å². The second-order valence-corrected chi connectivity index (χ2v) is 3.89. The molecule has 0 bridgehead atoms. The molecule has 0 atom stereocenters. The van der Waals surface area contributed by atoms with Crippen LogP contribution in [0, 0.1) is 0 Å². The molecule has 1 aromatic heterocycles. The third-order valence-electron chi connectivity index (χ3n) is 2.24. The molecule has 1 heterocycles. The van der Waals surface area contributed by atoms with Gasteiger partial charge in [0.15, 0.2) is 0 Å². The molecule has 0 aliphatic rings. The Morgan fingerprint density at radius 3 is 2.30 bits per heavy atom. The molecule has 8 nitrogen and oxygen atoms in total. The lowest BCUT2D eigenvalue weighted by atomic mass is 10.4. The number of aromatic nitrogens is 2. The number of hydrogen-bond acceptors (Lipinski definition) is 7. The average molecular weight is 287 g/mol. The quantitative estimate of drug-likeness (QED) is 0.530. The zero-order chi connectivity index (χ0) is 14.6. The summed E-state index contributed by atoms with van der Waals surface area (Å²) in [5.74, 6) is 0.0838. The topological polar surface area (TPSA) is 109 Å². The summed E-state index contributed by atoms with van der Waals surface area (Å²) in [5.41, 5.74) is 5.61. The Hall–Kier alpha value is -1.48. The molecule has 0 unspecified atom stereocenters. The van der Waals surface area contributed by atoms with Gasteiger partial charge in [-0.1, -0.05) is 0 Å². The van der Waals surface area contributed by atoms with E-state index >= 15 is 0 Å². The lowest BCUT2D eigenvalue weighted by Gasteiger charge is -2.06. The third-order valence-corrected chi connectivity index (χ3v) is 2.24. The summed E-state index contributed by atoms with van der Waals surface area (Å²) >= 11 is 0. The van der Waals surface area contributed by atoms with Crippen LogP contribution in [-0.4, -0.2) is 56.7 Å². The number of nitrogens with two attached hydrogens (primary N) is 1. The highest BCUT2D eigenvalue weighted by atomic mass is 16.6. The zero-order valence-electron chi connectivity index (χ0n) is 11.6. The van der Waals surface area contributed by atoms with E-state index in [0.29, 0.717) is 45.3 Å². The second-order valence-electron chi connectivity index (χ2n) is 3.89. The van der Waals surface area contributed by atoms with Crippen molar-refractivity contribution in [1.82, 2.24) is 9.97 Å². The first-order valence-electron chi connectivity index (χ1n) is 6.30. The van der Waals surface area contributed by atoms with Gasteiger partial charge in [-0.2, -0.15) is 0 Å². The first-order chi connectivity index (χ1) is 9.72. The van der Waals surface area contributed by atoms with Gasteiger partial charge in [-0.3, -0.25) is 9.78 Å². The van der Waals surface area contributed by atoms with Gasteiger partial charge in [-0.15, -0.1) is 0 Å². The summed E-state index contributed by atoms with van der Waals surface area (Å²) in [5, 5.41) is 0. The highest BCUT2D eigenvalue weighted by molar-refractivity contribution is 5.16. The molecule has 3 N–H and O–H groups in total. The van der Waals surface area contributed by atoms with Gasteiger partial charge in [-0.05, 0) is 0 Å². The number of hydrogen-bond donors (Lipinski definition) is 2. The van der Waals surface area contributed by atoms with E-state index in [2.05, 4.69) is 9.97 Å². The van der Waals surface area contributed by atoms with Crippen molar-refractivity contribution in [2.75, 3.05) is 52.5 Å². The van der Waals surface area contributed by atoms with Gasteiger partial charge in [-0.25, -0.2) is 4.98 Å². The molecule has 0 aliphatic heterocycles. The Morgan fingerprint density at radius 1 is 1.10 bits per heavy atom. The molecule has 0 radical (unpaired) electrons. The molecule has 0 saturated carbocycles. The van der Waals surface area contributed by atoms with Crippen LogP contribution in [0.2, 0.25) is 0 Å². The number of nitrogens with one attached hydrogen (secondary N) is 1. The van der Waals surface area contributed by atoms with Gasteiger partial charge in [0.1, 0.15) is 0 Å². The predicted molar refractivity (Wildman–Crippen MR) is 72.4 cm³/mol. The molecule has 1 aromatic rings. The van der Waals surface area contributed by atoms with Crippen LogP contribution < -0.4 is 11.3 Å². The summed E-state index contributed by atoms with van der Waals surface area (Å²) in [6, 6.07) is 1.35. The molecule has 0 saturated heterocycles. The Labute approximate surface area is 117 Å². The van der Waals surface area contributed by atoms with Gasteiger partial charge in [0.2, 0.25) is 5.95 Å². The van der Waals surface area contributed by atoms with Crippen LogP contribution in [-0.2, 0) is 25.6 Å². The number of ether oxygens (including phenoxy) is 4. The molecule has 0 aliphatic carbocycles. The van der Waals surface area contributed by atoms with E-state index in [4.69, 9.17) is 24.7 Å². The first-order valence-corrected chi connectivity index (χ1v) is 6.30. The molecule has 114 valence electrons. The normalized spacial score (nSPS) is 10.8. The fraction of sp³-hybridized carbons (Fsp3) is 0.667. The van der Waals surface area contributed by atoms with Gasteiger partial charge < -0.3 is 24.7 Å². The summed E-state index contributed by atoms with van der Waals surface area (Å²) in [6.45, 7) is 3.25.